The van der Waals surface area contributed by atoms with Gasteiger partial charge in [-0.3, -0.25) is 4.79 Å². The van der Waals surface area contributed by atoms with E-state index in [0.717, 1.165) is 5.56 Å². The number of halogens is 1. The molecule has 0 radical (unpaired) electrons. The Balaban J connectivity index is 1.65. The summed E-state index contributed by atoms with van der Waals surface area (Å²) in [6.45, 7) is 2.04. The maximum absolute atomic E-state index is 12.3. The van der Waals surface area contributed by atoms with Crippen LogP contribution in [-0.2, 0) is 4.79 Å². The van der Waals surface area contributed by atoms with Crippen molar-refractivity contribution in [3.8, 4) is 5.75 Å². The summed E-state index contributed by atoms with van der Waals surface area (Å²) >= 11 is 5.89. The van der Waals surface area contributed by atoms with Crippen LogP contribution < -0.4 is 16.2 Å². The predicted molar refractivity (Wildman–Crippen MR) is 90.3 cm³/mol. The maximum atomic E-state index is 12.3. The van der Waals surface area contributed by atoms with Crippen LogP contribution in [-0.4, -0.2) is 17.1 Å². The minimum absolute atomic E-state index is 0.0104. The molecule has 3 rings (SSSR count). The van der Waals surface area contributed by atoms with E-state index in [1.54, 1.807) is 6.07 Å². The second-order valence-electron chi connectivity index (χ2n) is 5.69. The highest BCUT2D eigenvalue weighted by atomic mass is 35.5. The third kappa shape index (κ3) is 3.64. The summed E-state index contributed by atoms with van der Waals surface area (Å²) < 4.78 is 0. The lowest BCUT2D eigenvalue weighted by Crippen LogP contribution is -2.39. The van der Waals surface area contributed by atoms with Crippen LogP contribution in [0, 0.1) is 6.92 Å². The molecule has 6 heteroatoms. The molecule has 2 aromatic carbocycles. The van der Waals surface area contributed by atoms with Gasteiger partial charge in [-0.25, -0.2) is 10.9 Å². The molecule has 0 saturated carbocycles. The molecule has 5 nitrogen and oxygen atoms in total. The average Bonchev–Trinajstić information content (AvgIpc) is 3.02. The van der Waals surface area contributed by atoms with Crippen molar-refractivity contribution in [2.75, 3.05) is 5.32 Å². The van der Waals surface area contributed by atoms with E-state index >= 15 is 0 Å². The summed E-state index contributed by atoms with van der Waals surface area (Å²) in [5.74, 6) is -0.228. The van der Waals surface area contributed by atoms with Crippen molar-refractivity contribution in [3.63, 3.8) is 0 Å². The van der Waals surface area contributed by atoms with Crippen molar-refractivity contribution >= 4 is 23.2 Å². The van der Waals surface area contributed by atoms with E-state index in [9.17, 15) is 9.90 Å². The van der Waals surface area contributed by atoms with Crippen LogP contribution in [0.1, 0.15) is 23.6 Å². The largest absolute Gasteiger partial charge is 0.506 e. The molecule has 1 aliphatic heterocycles. The molecular formula is C17H18ClN3O2. The molecule has 1 fully saturated rings. The summed E-state index contributed by atoms with van der Waals surface area (Å²) in [5, 5.41) is 12.9. The number of anilines is 1. The van der Waals surface area contributed by atoms with Crippen molar-refractivity contribution in [2.24, 2.45) is 0 Å². The molecule has 0 aromatic heterocycles. The molecule has 2 aromatic rings. The van der Waals surface area contributed by atoms with E-state index in [2.05, 4.69) is 40.4 Å². The number of hydrazine groups is 1. The summed E-state index contributed by atoms with van der Waals surface area (Å²) in [4.78, 5) is 12.3. The van der Waals surface area contributed by atoms with Crippen LogP contribution in [0.15, 0.2) is 42.5 Å². The Labute approximate surface area is 139 Å². The highest BCUT2D eigenvalue weighted by Gasteiger charge is 2.30. The first-order valence-electron chi connectivity index (χ1n) is 7.40. The summed E-state index contributed by atoms with van der Waals surface area (Å²) in [6.07, 6.45) is 0.621. The number of benzene rings is 2. The molecule has 0 bridgehead atoms. The van der Waals surface area contributed by atoms with Crippen molar-refractivity contribution in [3.05, 3.63) is 58.6 Å². The van der Waals surface area contributed by atoms with Crippen molar-refractivity contribution in [1.29, 1.82) is 0 Å². The van der Waals surface area contributed by atoms with E-state index < -0.39 is 0 Å². The highest BCUT2D eigenvalue weighted by molar-refractivity contribution is 6.31. The lowest BCUT2D eigenvalue weighted by molar-refractivity contribution is -0.117. The van der Waals surface area contributed by atoms with Gasteiger partial charge in [0.15, 0.2) is 0 Å². The molecule has 4 N–H and O–H groups in total. The van der Waals surface area contributed by atoms with Crippen LogP contribution in [0.5, 0.6) is 5.75 Å². The highest BCUT2D eigenvalue weighted by Crippen LogP contribution is 2.28. The monoisotopic (exact) mass is 331 g/mol. The molecule has 1 aliphatic rings. The number of hydrogen-bond acceptors (Lipinski definition) is 4. The standard InChI is InChI=1S/C17H18ClN3O2/c1-10-2-4-11(5-3-10)13-9-15(21-20-13)17(23)19-14-8-12(18)6-7-16(14)22/h2-8,13,15,20-22H,9H2,1H3,(H,19,23). The molecule has 1 saturated heterocycles. The Morgan fingerprint density at radius 1 is 1.22 bits per heavy atom. The van der Waals surface area contributed by atoms with Gasteiger partial charge in [-0.05, 0) is 37.1 Å². The SMILES string of the molecule is Cc1ccc(C2CC(C(=O)Nc3cc(Cl)ccc3O)NN2)cc1. The first kappa shape index (κ1) is 15.8. The summed E-state index contributed by atoms with van der Waals surface area (Å²) in [7, 11) is 0. The Bertz CT molecular complexity index is 718. The number of aromatic hydroxyl groups is 1. The van der Waals surface area contributed by atoms with E-state index in [0.29, 0.717) is 17.1 Å². The molecule has 1 heterocycles. The number of carbonyl (C=O) groups excluding carboxylic acids is 1. The molecule has 1 amide bonds. The average molecular weight is 332 g/mol. The van der Waals surface area contributed by atoms with Gasteiger partial charge in [0, 0.05) is 11.1 Å². The number of amides is 1. The third-order valence-electron chi connectivity index (χ3n) is 3.92. The number of carbonyl (C=O) groups is 1. The zero-order chi connectivity index (χ0) is 16.4. The van der Waals surface area contributed by atoms with Crippen LogP contribution in [0.2, 0.25) is 5.02 Å². The van der Waals surface area contributed by atoms with Crippen LogP contribution in [0.4, 0.5) is 5.69 Å². The van der Waals surface area contributed by atoms with E-state index in [-0.39, 0.29) is 23.7 Å². The van der Waals surface area contributed by atoms with Crippen molar-refractivity contribution in [1.82, 2.24) is 10.9 Å². The Hall–Kier alpha value is -2.08. The number of rotatable bonds is 3. The van der Waals surface area contributed by atoms with Crippen LogP contribution in [0.25, 0.3) is 0 Å². The van der Waals surface area contributed by atoms with Gasteiger partial charge in [-0.2, -0.15) is 0 Å². The smallest absolute Gasteiger partial charge is 0.243 e. The van der Waals surface area contributed by atoms with Crippen molar-refractivity contribution in [2.45, 2.75) is 25.4 Å². The molecule has 0 spiro atoms. The number of aryl methyl sites for hydroxylation is 1. The molecule has 120 valence electrons. The normalized spacial score (nSPS) is 20.4. The quantitative estimate of drug-likeness (QED) is 0.653. The summed E-state index contributed by atoms with van der Waals surface area (Å²) in [6, 6.07) is 12.4. The number of hydrogen-bond donors (Lipinski definition) is 4. The van der Waals surface area contributed by atoms with Gasteiger partial charge in [0.2, 0.25) is 5.91 Å². The van der Waals surface area contributed by atoms with Gasteiger partial charge in [-0.1, -0.05) is 41.4 Å². The first-order chi connectivity index (χ1) is 11.0. The summed E-state index contributed by atoms with van der Waals surface area (Å²) in [5.41, 5.74) is 8.77. The minimum Gasteiger partial charge on any atom is -0.506 e. The predicted octanol–water partition coefficient (Wildman–Crippen LogP) is 2.90. The Kier molecular flexibility index (Phi) is 4.52. The second kappa shape index (κ2) is 6.58. The lowest BCUT2D eigenvalue weighted by Gasteiger charge is -2.12. The lowest BCUT2D eigenvalue weighted by atomic mass is 10.0. The molecule has 23 heavy (non-hydrogen) atoms. The molecule has 2 atom stereocenters. The number of nitrogens with one attached hydrogen (secondary N) is 3. The number of phenols is 1. The Morgan fingerprint density at radius 2 is 1.96 bits per heavy atom. The van der Waals surface area contributed by atoms with Gasteiger partial charge in [0.25, 0.3) is 0 Å². The zero-order valence-corrected chi connectivity index (χ0v) is 13.4. The molecule has 2 unspecified atom stereocenters. The number of phenolic OH excluding ortho intramolecular Hbond substituents is 1. The van der Waals surface area contributed by atoms with E-state index in [4.69, 9.17) is 11.6 Å². The van der Waals surface area contributed by atoms with E-state index in [1.165, 1.54) is 17.7 Å². The van der Waals surface area contributed by atoms with Crippen LogP contribution in [0.3, 0.4) is 0 Å². The third-order valence-corrected chi connectivity index (χ3v) is 4.15. The fourth-order valence-corrected chi connectivity index (χ4v) is 2.75. The molecule has 0 aliphatic carbocycles. The first-order valence-corrected chi connectivity index (χ1v) is 7.78. The fourth-order valence-electron chi connectivity index (χ4n) is 2.57. The van der Waals surface area contributed by atoms with E-state index in [1.807, 2.05) is 6.92 Å². The minimum atomic E-state index is -0.389. The van der Waals surface area contributed by atoms with Crippen LogP contribution >= 0.6 is 11.6 Å². The van der Waals surface area contributed by atoms with Gasteiger partial charge in [-0.15, -0.1) is 0 Å². The second-order valence-corrected chi connectivity index (χ2v) is 6.13. The Morgan fingerprint density at radius 3 is 2.70 bits per heavy atom. The van der Waals surface area contributed by atoms with Crippen molar-refractivity contribution < 1.29 is 9.90 Å². The topological polar surface area (TPSA) is 73.4 Å². The van der Waals surface area contributed by atoms with Gasteiger partial charge < -0.3 is 10.4 Å². The molecular weight excluding hydrogens is 314 g/mol. The maximum Gasteiger partial charge on any atom is 0.243 e. The fraction of sp³-hybridized carbons (Fsp3) is 0.235. The van der Waals surface area contributed by atoms with Gasteiger partial charge in [0.05, 0.1) is 5.69 Å². The van der Waals surface area contributed by atoms with Gasteiger partial charge >= 0.3 is 0 Å². The zero-order valence-electron chi connectivity index (χ0n) is 12.6. The van der Waals surface area contributed by atoms with Gasteiger partial charge in [0.1, 0.15) is 11.8 Å².